The summed E-state index contributed by atoms with van der Waals surface area (Å²) in [6.45, 7) is 25.3. The first-order valence-electron chi connectivity index (χ1n) is 31.9. The number of allylic oxidation sites excluding steroid dienone is 5. The molecule has 1 aliphatic carbocycles. The molecule has 1 atom stereocenters. The van der Waals surface area contributed by atoms with Crippen LogP contribution < -0.4 is 9.83 Å². The van der Waals surface area contributed by atoms with Crippen molar-refractivity contribution in [2.75, 3.05) is 0 Å². The molecule has 0 fully saturated rings. The Morgan fingerprint density at radius 1 is 0.455 bits per heavy atom. The van der Waals surface area contributed by atoms with Crippen LogP contribution in [0.2, 0.25) is 0 Å². The minimum atomic E-state index is -5.61. The summed E-state index contributed by atoms with van der Waals surface area (Å²) in [6.07, 6.45) is 42.0. The van der Waals surface area contributed by atoms with Gasteiger partial charge < -0.3 is 0 Å². The van der Waals surface area contributed by atoms with E-state index < -0.39 is 7.28 Å². The number of para-hydroxylation sites is 1. The molecule has 0 saturated carbocycles. The van der Waals surface area contributed by atoms with Crippen molar-refractivity contribution in [3.05, 3.63) is 158 Å². The maximum absolute atomic E-state index is 14.7. The van der Waals surface area contributed by atoms with E-state index in [4.69, 9.17) is 11.1 Å². The Labute approximate surface area is 473 Å². The van der Waals surface area contributed by atoms with Gasteiger partial charge in [-0.3, -0.25) is 0 Å². The quantitative estimate of drug-likeness (QED) is 0.0346. The maximum atomic E-state index is 14.7. The first-order chi connectivity index (χ1) is 37.2. The van der Waals surface area contributed by atoms with Gasteiger partial charge in [-0.15, -0.1) is 0 Å². The molecule has 4 aromatic rings. The molecule has 77 heavy (non-hydrogen) atoms. The van der Waals surface area contributed by atoms with Gasteiger partial charge in [0.2, 0.25) is 0 Å². The second kappa shape index (κ2) is 33.7. The van der Waals surface area contributed by atoms with Gasteiger partial charge in [-0.05, 0) is 0 Å². The van der Waals surface area contributed by atoms with Crippen LogP contribution in [0.3, 0.4) is 0 Å². The summed E-state index contributed by atoms with van der Waals surface area (Å²) in [7, 11) is -5.61. The molecule has 5 rings (SSSR count). The molecular formula is C73H111O3P. The molecular weight excluding hydrogens is 956 g/mol. The van der Waals surface area contributed by atoms with Crippen molar-refractivity contribution in [2.24, 2.45) is 0 Å². The Kier molecular flexibility index (Phi) is 28.1. The summed E-state index contributed by atoms with van der Waals surface area (Å²) in [4.78, 5) is 29.3. The van der Waals surface area contributed by atoms with E-state index >= 15 is 0 Å². The van der Waals surface area contributed by atoms with Gasteiger partial charge in [-0.2, -0.15) is 0 Å². The third-order valence-corrected chi connectivity index (χ3v) is 20.5. The first kappa shape index (κ1) is 64.1. The van der Waals surface area contributed by atoms with Crippen LogP contribution in [0.5, 0.6) is 5.75 Å². The van der Waals surface area contributed by atoms with E-state index in [9.17, 15) is 9.79 Å². The molecule has 0 bridgehead atoms. The van der Waals surface area contributed by atoms with Gasteiger partial charge in [0.15, 0.2) is 0 Å². The minimum absolute atomic E-state index is 0.179. The van der Waals surface area contributed by atoms with Crippen LogP contribution in [0, 0.1) is 41.5 Å². The zero-order valence-electron chi connectivity index (χ0n) is 50.9. The Morgan fingerprint density at radius 3 is 1.36 bits per heavy atom. The monoisotopic (exact) mass is 1070 g/mol. The predicted molar refractivity (Wildman–Crippen MR) is 340 cm³/mol. The summed E-state index contributed by atoms with van der Waals surface area (Å²) in [5.41, 5.74) is 14.9. The third kappa shape index (κ3) is 19.2. The van der Waals surface area contributed by atoms with Crippen molar-refractivity contribution in [3.63, 3.8) is 0 Å². The number of rotatable bonds is 39. The molecule has 0 spiro atoms. The Hall–Kier alpha value is -3.75. The number of hydrogen-bond donors (Lipinski definition) is 2. The fraction of sp³-hybridized carbons (Fsp3) is 0.589. The van der Waals surface area contributed by atoms with Crippen LogP contribution in [0.25, 0.3) is 5.57 Å². The van der Waals surface area contributed by atoms with Gasteiger partial charge in [-0.25, -0.2) is 0 Å². The second-order valence-corrected chi connectivity index (χ2v) is 27.1. The van der Waals surface area contributed by atoms with Gasteiger partial charge in [0.1, 0.15) is 0 Å². The van der Waals surface area contributed by atoms with Crippen molar-refractivity contribution in [2.45, 2.75) is 280 Å². The van der Waals surface area contributed by atoms with E-state index in [1.165, 1.54) is 199 Å². The average molecular weight is 1070 g/mol. The number of aryl methyl sites for hydroxylation is 6. The van der Waals surface area contributed by atoms with Gasteiger partial charge >= 0.3 is 429 Å². The second-order valence-electron chi connectivity index (χ2n) is 24.1. The zero-order chi connectivity index (χ0) is 55.5. The molecule has 4 heteroatoms. The van der Waals surface area contributed by atoms with Gasteiger partial charge in [0, 0.05) is 0 Å². The van der Waals surface area contributed by atoms with E-state index in [1.54, 1.807) is 0 Å². The van der Waals surface area contributed by atoms with E-state index in [0.29, 0.717) is 22.8 Å². The zero-order valence-corrected chi connectivity index (χ0v) is 51.8. The van der Waals surface area contributed by atoms with Crippen molar-refractivity contribution in [1.82, 2.24) is 0 Å². The van der Waals surface area contributed by atoms with Crippen molar-refractivity contribution < 1.29 is 14.3 Å². The molecule has 2 N–H and O–H groups in total. The molecule has 0 radical (unpaired) electrons. The summed E-state index contributed by atoms with van der Waals surface area (Å²) in [5, 5.41) is 1.08. The van der Waals surface area contributed by atoms with Crippen LogP contribution in [0.4, 0.5) is 0 Å². The Morgan fingerprint density at radius 2 is 0.857 bits per heavy atom. The standard InChI is InChI=1S/C73H111O3P/c1-11-14-17-20-23-26-29-32-35-38-45-64-46-41-43-50-69(64)76-77(74,75,70-51-44-42-48-65(70)47-39-36-33-30-27-24-21-18-15-12-2)71-56-61(8)72(67-54-57(4)52-59(6)62(67)9)73(68-55-58(5)53-60(7)63(68)10)66(71)49-40-37-34-31-28-25-22-19-16-13-3/h41-44,46,48,50-56,72,74-75H,8,11-40,45,47,49H2,1-7,9-10H3. The van der Waals surface area contributed by atoms with E-state index in [2.05, 4.69) is 117 Å². The fourth-order valence-electron chi connectivity index (χ4n) is 12.6. The Balaban J connectivity index is 1.65. The van der Waals surface area contributed by atoms with Gasteiger partial charge in [-0.1, -0.05) is 46.5 Å². The molecule has 0 heterocycles. The van der Waals surface area contributed by atoms with Gasteiger partial charge in [0.05, 0.1) is 0 Å². The van der Waals surface area contributed by atoms with Crippen LogP contribution in [0.1, 0.15) is 281 Å². The van der Waals surface area contributed by atoms with Crippen molar-refractivity contribution >= 4 is 18.2 Å². The summed E-state index contributed by atoms with van der Waals surface area (Å²) in [5.74, 6) is 0.405. The topological polar surface area (TPSA) is 49.7 Å². The van der Waals surface area contributed by atoms with E-state index in [-0.39, 0.29) is 5.92 Å². The molecule has 3 nitrogen and oxygen atoms in total. The molecule has 0 aromatic heterocycles. The van der Waals surface area contributed by atoms with Crippen LogP contribution in [-0.2, 0) is 12.8 Å². The normalized spacial score (nSPS) is 14.5. The molecule has 1 unspecified atom stereocenters. The molecule has 0 saturated heterocycles. The summed E-state index contributed by atoms with van der Waals surface area (Å²) in [6, 6.07) is 25.8. The SMILES string of the molecule is C=C1C=C(P(O)(O)(Oc2ccccc2CCCCCCCCCCCC)c2ccccc2CCCCCCCCCCCC)C(CCCCCCCCCCCC)=C(c2cc(C)cc(C)c2C)C1c1cc(C)cc(C)c1C. The third-order valence-electron chi connectivity index (χ3n) is 17.4. The van der Waals surface area contributed by atoms with Gasteiger partial charge in [0.25, 0.3) is 0 Å². The Bertz CT molecular complexity index is 2470. The average Bonchev–Trinajstić information content (AvgIpc) is 3.41. The predicted octanol–water partition coefficient (Wildman–Crippen LogP) is 22.5. The first-order valence-corrected chi connectivity index (χ1v) is 34.0. The summed E-state index contributed by atoms with van der Waals surface area (Å²) >= 11 is 0. The van der Waals surface area contributed by atoms with Crippen LogP contribution in [-0.4, -0.2) is 9.79 Å². The molecule has 0 aliphatic heterocycles. The van der Waals surface area contributed by atoms with Crippen LogP contribution >= 0.6 is 7.28 Å². The number of unbranched alkanes of at least 4 members (excludes halogenated alkanes) is 27. The molecule has 4 aromatic carbocycles. The molecule has 426 valence electrons. The van der Waals surface area contributed by atoms with Crippen LogP contribution in [0.15, 0.2) is 102 Å². The van der Waals surface area contributed by atoms with E-state index in [0.717, 1.165) is 79.2 Å². The van der Waals surface area contributed by atoms with Crippen molar-refractivity contribution in [1.29, 1.82) is 0 Å². The molecule has 0 amide bonds. The number of benzene rings is 4. The van der Waals surface area contributed by atoms with Crippen molar-refractivity contribution in [3.8, 4) is 5.75 Å². The fourth-order valence-corrected chi connectivity index (χ4v) is 15.7. The van der Waals surface area contributed by atoms with E-state index in [1.807, 2.05) is 24.3 Å². The summed E-state index contributed by atoms with van der Waals surface area (Å²) < 4.78 is 7.47. The molecule has 1 aliphatic rings. The number of hydrogen-bond acceptors (Lipinski definition) is 3.